The molecule has 0 unspecified atom stereocenters. The highest BCUT2D eigenvalue weighted by Gasteiger charge is 2.14. The van der Waals surface area contributed by atoms with Crippen molar-refractivity contribution < 1.29 is 14.3 Å². The van der Waals surface area contributed by atoms with E-state index < -0.39 is 0 Å². The summed E-state index contributed by atoms with van der Waals surface area (Å²) in [5.41, 5.74) is 2.57. The highest BCUT2D eigenvalue weighted by atomic mass is 35.5. The number of hydrogen-bond acceptors (Lipinski definition) is 5. The molecular weight excluding hydrogens is 458 g/mol. The van der Waals surface area contributed by atoms with Gasteiger partial charge in [0.1, 0.15) is 11.3 Å². The summed E-state index contributed by atoms with van der Waals surface area (Å²) in [5.74, 6) is -0.117. The van der Waals surface area contributed by atoms with Crippen LogP contribution in [0.4, 0.5) is 5.69 Å². The molecular formula is C25H16ClN3O3S. The van der Waals surface area contributed by atoms with Crippen molar-refractivity contribution in [2.24, 2.45) is 0 Å². The van der Waals surface area contributed by atoms with Crippen LogP contribution < -0.4 is 10.6 Å². The van der Waals surface area contributed by atoms with Crippen LogP contribution in [0.15, 0.2) is 83.3 Å². The standard InChI is InChI=1S/C25H16ClN3O3S/c26-17-7-10-22-20(12-17)28-24(32-22)19-9-8-18(13-21(19)30)27-25(33)29-23(31)16-6-5-14-3-1-2-4-15(14)11-16/h1-13,30H,(H2,27,29,31,33). The third-order valence-corrected chi connectivity index (χ3v) is 5.51. The number of aromatic hydroxyl groups is 1. The zero-order chi connectivity index (χ0) is 22.9. The summed E-state index contributed by atoms with van der Waals surface area (Å²) in [5, 5.41) is 18.7. The minimum absolute atomic E-state index is 0.0543. The van der Waals surface area contributed by atoms with Crippen LogP contribution in [-0.2, 0) is 0 Å². The molecule has 0 bridgehead atoms. The SMILES string of the molecule is O=C(NC(=S)Nc1ccc(-c2nc3cc(Cl)ccc3o2)c(O)c1)c1ccc2ccccc2c1. The fourth-order valence-corrected chi connectivity index (χ4v) is 3.85. The van der Waals surface area contributed by atoms with Gasteiger partial charge in [0.25, 0.3) is 5.91 Å². The molecule has 33 heavy (non-hydrogen) atoms. The third-order valence-electron chi connectivity index (χ3n) is 5.07. The van der Waals surface area contributed by atoms with E-state index >= 15 is 0 Å². The molecule has 3 N–H and O–H groups in total. The number of thiocarbonyl (C=S) groups is 1. The predicted molar refractivity (Wildman–Crippen MR) is 134 cm³/mol. The topological polar surface area (TPSA) is 87.4 Å². The fraction of sp³-hybridized carbons (Fsp3) is 0. The van der Waals surface area contributed by atoms with Crippen molar-refractivity contribution in [1.29, 1.82) is 0 Å². The second-order valence-electron chi connectivity index (χ2n) is 7.33. The molecule has 0 aliphatic rings. The lowest BCUT2D eigenvalue weighted by atomic mass is 10.1. The van der Waals surface area contributed by atoms with Gasteiger partial charge in [0.2, 0.25) is 5.89 Å². The number of phenolic OH excluding ortho intramolecular Hbond substituents is 1. The van der Waals surface area contributed by atoms with Crippen molar-refractivity contribution in [3.63, 3.8) is 0 Å². The molecule has 162 valence electrons. The van der Waals surface area contributed by atoms with Crippen molar-refractivity contribution in [2.75, 3.05) is 5.32 Å². The van der Waals surface area contributed by atoms with Gasteiger partial charge in [-0.3, -0.25) is 10.1 Å². The molecule has 0 fully saturated rings. The number of nitrogens with one attached hydrogen (secondary N) is 2. The molecule has 4 aromatic carbocycles. The quantitative estimate of drug-likeness (QED) is 0.273. The molecule has 1 heterocycles. The first-order valence-corrected chi connectivity index (χ1v) is 10.8. The van der Waals surface area contributed by atoms with E-state index in [1.165, 1.54) is 6.07 Å². The summed E-state index contributed by atoms with van der Waals surface area (Å²) >= 11 is 11.3. The number of hydrogen-bond donors (Lipinski definition) is 3. The van der Waals surface area contributed by atoms with Gasteiger partial charge >= 0.3 is 0 Å². The second kappa shape index (κ2) is 8.54. The Morgan fingerprint density at radius 3 is 2.61 bits per heavy atom. The summed E-state index contributed by atoms with van der Waals surface area (Å²) in [6.45, 7) is 0. The molecule has 0 spiro atoms. The lowest BCUT2D eigenvalue weighted by molar-refractivity contribution is 0.0978. The van der Waals surface area contributed by atoms with E-state index in [0.29, 0.717) is 32.9 Å². The van der Waals surface area contributed by atoms with Crippen LogP contribution in [0.3, 0.4) is 0 Å². The van der Waals surface area contributed by atoms with Crippen molar-refractivity contribution in [3.8, 4) is 17.2 Å². The van der Waals surface area contributed by atoms with Gasteiger partial charge < -0.3 is 14.8 Å². The van der Waals surface area contributed by atoms with Crippen LogP contribution in [0.5, 0.6) is 5.75 Å². The van der Waals surface area contributed by atoms with Gasteiger partial charge in [-0.1, -0.05) is 41.9 Å². The number of amides is 1. The number of oxazole rings is 1. The molecule has 8 heteroatoms. The first kappa shape index (κ1) is 20.9. The summed E-state index contributed by atoms with van der Waals surface area (Å²) in [6, 6.07) is 23.2. The van der Waals surface area contributed by atoms with Gasteiger partial charge in [-0.05, 0) is 65.5 Å². The number of nitrogens with zero attached hydrogens (tertiary/aromatic N) is 1. The Hall–Kier alpha value is -3.94. The molecule has 1 amide bonds. The molecule has 6 nitrogen and oxygen atoms in total. The van der Waals surface area contributed by atoms with Gasteiger partial charge in [-0.2, -0.15) is 0 Å². The van der Waals surface area contributed by atoms with E-state index in [2.05, 4.69) is 15.6 Å². The maximum Gasteiger partial charge on any atom is 0.257 e. The fourth-order valence-electron chi connectivity index (χ4n) is 3.47. The molecule has 0 atom stereocenters. The zero-order valence-electron chi connectivity index (χ0n) is 17.0. The molecule has 5 aromatic rings. The smallest absolute Gasteiger partial charge is 0.257 e. The number of aromatic nitrogens is 1. The molecule has 0 aliphatic carbocycles. The summed E-state index contributed by atoms with van der Waals surface area (Å²) in [6.07, 6.45) is 0. The number of halogens is 1. The first-order chi connectivity index (χ1) is 16.0. The zero-order valence-corrected chi connectivity index (χ0v) is 18.6. The Bertz CT molecular complexity index is 1550. The maximum absolute atomic E-state index is 12.6. The Morgan fingerprint density at radius 1 is 0.970 bits per heavy atom. The van der Waals surface area contributed by atoms with Gasteiger partial charge in [0.05, 0.1) is 5.56 Å². The second-order valence-corrected chi connectivity index (χ2v) is 8.18. The van der Waals surface area contributed by atoms with Crippen molar-refractivity contribution in [3.05, 3.63) is 89.4 Å². The van der Waals surface area contributed by atoms with E-state index in [1.54, 1.807) is 42.5 Å². The Morgan fingerprint density at radius 2 is 1.79 bits per heavy atom. The van der Waals surface area contributed by atoms with E-state index in [4.69, 9.17) is 28.2 Å². The van der Waals surface area contributed by atoms with E-state index in [1.807, 2.05) is 30.3 Å². The highest BCUT2D eigenvalue weighted by molar-refractivity contribution is 7.80. The molecule has 0 saturated heterocycles. The van der Waals surface area contributed by atoms with Gasteiger partial charge in [0.15, 0.2) is 10.7 Å². The maximum atomic E-state index is 12.6. The average Bonchev–Trinajstić information content (AvgIpc) is 3.21. The van der Waals surface area contributed by atoms with E-state index in [0.717, 1.165) is 10.8 Å². The molecule has 0 radical (unpaired) electrons. The van der Waals surface area contributed by atoms with Crippen LogP contribution in [0, 0.1) is 0 Å². The molecule has 5 rings (SSSR count). The largest absolute Gasteiger partial charge is 0.507 e. The average molecular weight is 474 g/mol. The Balaban J connectivity index is 1.30. The van der Waals surface area contributed by atoms with Crippen LogP contribution in [0.2, 0.25) is 5.02 Å². The van der Waals surface area contributed by atoms with E-state index in [-0.39, 0.29) is 22.7 Å². The number of benzene rings is 4. The van der Waals surface area contributed by atoms with Crippen molar-refractivity contribution in [2.45, 2.75) is 0 Å². The Labute approximate surface area is 198 Å². The number of carbonyl (C=O) groups is 1. The van der Waals surface area contributed by atoms with Gasteiger partial charge in [-0.15, -0.1) is 0 Å². The minimum atomic E-state index is -0.329. The highest BCUT2D eigenvalue weighted by Crippen LogP contribution is 2.33. The van der Waals surface area contributed by atoms with Crippen LogP contribution >= 0.6 is 23.8 Å². The summed E-state index contributed by atoms with van der Waals surface area (Å²) < 4.78 is 5.71. The predicted octanol–water partition coefficient (Wildman–Crippen LogP) is 6.13. The lowest BCUT2D eigenvalue weighted by Gasteiger charge is -2.11. The summed E-state index contributed by atoms with van der Waals surface area (Å²) in [4.78, 5) is 17.0. The van der Waals surface area contributed by atoms with Gasteiger partial charge in [-0.25, -0.2) is 4.98 Å². The monoisotopic (exact) mass is 473 g/mol. The number of phenols is 1. The number of rotatable bonds is 3. The number of fused-ring (bicyclic) bond motifs is 2. The molecule has 1 aromatic heterocycles. The van der Waals surface area contributed by atoms with Crippen LogP contribution in [0.25, 0.3) is 33.3 Å². The molecule has 0 saturated carbocycles. The van der Waals surface area contributed by atoms with E-state index in [9.17, 15) is 9.90 Å². The minimum Gasteiger partial charge on any atom is -0.507 e. The number of anilines is 1. The number of carbonyl (C=O) groups excluding carboxylic acids is 1. The summed E-state index contributed by atoms with van der Waals surface area (Å²) in [7, 11) is 0. The lowest BCUT2D eigenvalue weighted by Crippen LogP contribution is -2.34. The third kappa shape index (κ3) is 4.37. The molecule has 0 aliphatic heterocycles. The van der Waals surface area contributed by atoms with Crippen molar-refractivity contribution >= 4 is 62.4 Å². The Kier molecular flexibility index (Phi) is 5.42. The van der Waals surface area contributed by atoms with Gasteiger partial charge in [0, 0.05) is 22.3 Å². The first-order valence-electron chi connectivity index (χ1n) is 9.97. The van der Waals surface area contributed by atoms with Crippen molar-refractivity contribution in [1.82, 2.24) is 10.3 Å². The van der Waals surface area contributed by atoms with Crippen LogP contribution in [-0.4, -0.2) is 21.1 Å². The van der Waals surface area contributed by atoms with Crippen LogP contribution in [0.1, 0.15) is 10.4 Å². The normalized spacial score (nSPS) is 10.9.